The summed E-state index contributed by atoms with van der Waals surface area (Å²) >= 11 is 0. The highest BCUT2D eigenvalue weighted by molar-refractivity contribution is 5.77. The molecule has 0 aromatic carbocycles. The molecular weight excluding hydrogens is 126 g/mol. The van der Waals surface area contributed by atoms with E-state index in [4.69, 9.17) is 5.73 Å². The summed E-state index contributed by atoms with van der Waals surface area (Å²) in [6, 6.07) is 0. The third kappa shape index (κ3) is 4.90. The van der Waals surface area contributed by atoms with Crippen LogP contribution in [0.25, 0.3) is 0 Å². The molecule has 3 nitrogen and oxygen atoms in total. The van der Waals surface area contributed by atoms with E-state index in [1.54, 1.807) is 12.2 Å². The van der Waals surface area contributed by atoms with Crippen molar-refractivity contribution >= 4 is 5.96 Å². The minimum absolute atomic E-state index is 0.305. The fourth-order valence-electron chi connectivity index (χ4n) is 0.366. The fourth-order valence-corrected chi connectivity index (χ4v) is 0.366. The number of guanidine groups is 1. The molecule has 0 rings (SSSR count). The van der Waals surface area contributed by atoms with Crippen LogP contribution in [0.1, 0.15) is 0 Å². The minimum atomic E-state index is 0.305. The summed E-state index contributed by atoms with van der Waals surface area (Å²) in [6.45, 7) is 8.02. The van der Waals surface area contributed by atoms with Crippen molar-refractivity contribution in [3.8, 4) is 0 Å². The van der Waals surface area contributed by atoms with Crippen LogP contribution in [0.3, 0.4) is 0 Å². The SMILES string of the molecule is C=CC[N]/C(N)=N/CC=C. The first-order valence-corrected chi connectivity index (χ1v) is 3.00. The Bertz CT molecular complexity index is 138. The van der Waals surface area contributed by atoms with Crippen molar-refractivity contribution < 1.29 is 0 Å². The van der Waals surface area contributed by atoms with Gasteiger partial charge in [-0.05, 0) is 0 Å². The van der Waals surface area contributed by atoms with Crippen molar-refractivity contribution in [1.82, 2.24) is 5.32 Å². The fraction of sp³-hybridized carbons (Fsp3) is 0.286. The predicted molar refractivity (Wildman–Crippen MR) is 43.9 cm³/mol. The first-order valence-electron chi connectivity index (χ1n) is 3.00. The van der Waals surface area contributed by atoms with Gasteiger partial charge in [0.15, 0.2) is 0 Å². The maximum atomic E-state index is 5.33. The molecule has 0 bridgehead atoms. The molecule has 2 N–H and O–H groups in total. The molecule has 0 aromatic rings. The highest BCUT2D eigenvalue weighted by Crippen LogP contribution is 1.71. The standard InChI is InChI=1S/C7H12N3/c1-3-5-9-7(8)10-6-4-2/h3-4H,1-2,5-6H2,(H2,8,9). The molecule has 0 aliphatic rings. The maximum absolute atomic E-state index is 5.33. The van der Waals surface area contributed by atoms with Crippen LogP contribution in [0.4, 0.5) is 0 Å². The van der Waals surface area contributed by atoms with Crippen LogP contribution >= 0.6 is 0 Å². The molecule has 1 radical (unpaired) electrons. The molecule has 0 saturated heterocycles. The zero-order valence-corrected chi connectivity index (χ0v) is 5.95. The van der Waals surface area contributed by atoms with E-state index in [0.717, 1.165) is 0 Å². The molecule has 0 saturated carbocycles. The monoisotopic (exact) mass is 138 g/mol. The van der Waals surface area contributed by atoms with Crippen molar-refractivity contribution in [1.29, 1.82) is 0 Å². The quantitative estimate of drug-likeness (QED) is 0.338. The smallest absolute Gasteiger partial charge is 0.211 e. The van der Waals surface area contributed by atoms with E-state index in [2.05, 4.69) is 23.5 Å². The Morgan fingerprint density at radius 1 is 1.30 bits per heavy atom. The van der Waals surface area contributed by atoms with Gasteiger partial charge in [-0.3, -0.25) is 0 Å². The number of rotatable bonds is 4. The average Bonchev–Trinajstić information content (AvgIpc) is 1.97. The summed E-state index contributed by atoms with van der Waals surface area (Å²) in [5.74, 6) is 0.305. The lowest BCUT2D eigenvalue weighted by atomic mass is 10.6. The second-order valence-corrected chi connectivity index (χ2v) is 1.62. The lowest BCUT2D eigenvalue weighted by Gasteiger charge is -1.95. The third-order valence-corrected chi connectivity index (χ3v) is 0.765. The van der Waals surface area contributed by atoms with Gasteiger partial charge in [0, 0.05) is 0 Å². The second kappa shape index (κ2) is 5.88. The van der Waals surface area contributed by atoms with Gasteiger partial charge >= 0.3 is 0 Å². The molecule has 0 unspecified atom stereocenters. The summed E-state index contributed by atoms with van der Waals surface area (Å²) in [6.07, 6.45) is 3.33. The highest BCUT2D eigenvalue weighted by atomic mass is 15.1. The highest BCUT2D eigenvalue weighted by Gasteiger charge is 1.86. The Balaban J connectivity index is 3.47. The molecule has 0 aliphatic carbocycles. The van der Waals surface area contributed by atoms with Crippen LogP contribution in [0.2, 0.25) is 0 Å². The molecule has 0 spiro atoms. The lowest BCUT2D eigenvalue weighted by molar-refractivity contribution is 0.988. The number of hydrogen-bond acceptors (Lipinski definition) is 1. The van der Waals surface area contributed by atoms with Crippen LogP contribution in [0, 0.1) is 0 Å². The van der Waals surface area contributed by atoms with Gasteiger partial charge < -0.3 is 5.73 Å². The summed E-state index contributed by atoms with van der Waals surface area (Å²) in [4.78, 5) is 3.84. The lowest BCUT2D eigenvalue weighted by Crippen LogP contribution is -2.25. The van der Waals surface area contributed by atoms with Crippen molar-refractivity contribution in [3.05, 3.63) is 25.3 Å². The van der Waals surface area contributed by atoms with Crippen LogP contribution in [-0.2, 0) is 0 Å². The average molecular weight is 138 g/mol. The normalized spacial score (nSPS) is 10.6. The van der Waals surface area contributed by atoms with Crippen LogP contribution in [-0.4, -0.2) is 19.0 Å². The van der Waals surface area contributed by atoms with E-state index in [9.17, 15) is 0 Å². The first kappa shape index (κ1) is 8.75. The molecule has 0 amide bonds. The zero-order valence-electron chi connectivity index (χ0n) is 5.95. The Morgan fingerprint density at radius 3 is 2.40 bits per heavy atom. The number of aliphatic imine (C=N–C) groups is 1. The van der Waals surface area contributed by atoms with Crippen LogP contribution in [0.15, 0.2) is 30.3 Å². The second-order valence-electron chi connectivity index (χ2n) is 1.62. The summed E-state index contributed by atoms with van der Waals surface area (Å²) in [5.41, 5.74) is 5.33. The molecule has 3 heteroatoms. The zero-order chi connectivity index (χ0) is 7.82. The molecule has 55 valence electrons. The van der Waals surface area contributed by atoms with Gasteiger partial charge in [-0.15, -0.1) is 13.2 Å². The number of hydrogen-bond donors (Lipinski definition) is 1. The Kier molecular flexibility index (Phi) is 5.14. The van der Waals surface area contributed by atoms with Gasteiger partial charge in [-0.25, -0.2) is 10.3 Å². The summed E-state index contributed by atoms with van der Waals surface area (Å²) in [5, 5.41) is 3.84. The van der Waals surface area contributed by atoms with E-state index in [1.807, 2.05) is 0 Å². The molecule has 0 aliphatic heterocycles. The van der Waals surface area contributed by atoms with Gasteiger partial charge in [0.1, 0.15) is 0 Å². The van der Waals surface area contributed by atoms with Crippen molar-refractivity contribution in [2.45, 2.75) is 0 Å². The van der Waals surface area contributed by atoms with Crippen molar-refractivity contribution in [3.63, 3.8) is 0 Å². The van der Waals surface area contributed by atoms with E-state index in [0.29, 0.717) is 19.0 Å². The molecule has 10 heavy (non-hydrogen) atoms. The topological polar surface area (TPSA) is 52.5 Å². The molecule has 0 fully saturated rings. The molecule has 0 aromatic heterocycles. The minimum Gasteiger partial charge on any atom is -0.368 e. The van der Waals surface area contributed by atoms with Gasteiger partial charge in [-0.1, -0.05) is 12.2 Å². The van der Waals surface area contributed by atoms with E-state index in [-0.39, 0.29) is 0 Å². The van der Waals surface area contributed by atoms with E-state index in [1.165, 1.54) is 0 Å². The van der Waals surface area contributed by atoms with Gasteiger partial charge in [0.25, 0.3) is 0 Å². The van der Waals surface area contributed by atoms with Crippen LogP contribution < -0.4 is 11.1 Å². The van der Waals surface area contributed by atoms with Gasteiger partial charge in [-0.2, -0.15) is 0 Å². The summed E-state index contributed by atoms with van der Waals surface area (Å²) < 4.78 is 0. The van der Waals surface area contributed by atoms with Gasteiger partial charge in [0.05, 0.1) is 13.1 Å². The largest absolute Gasteiger partial charge is 0.368 e. The molecule has 0 atom stereocenters. The van der Waals surface area contributed by atoms with Crippen molar-refractivity contribution in [2.24, 2.45) is 10.7 Å². The predicted octanol–water partition coefficient (Wildman–Crippen LogP) is 0.278. The van der Waals surface area contributed by atoms with Crippen LogP contribution in [0.5, 0.6) is 0 Å². The Hall–Kier alpha value is -1.25. The maximum Gasteiger partial charge on any atom is 0.211 e. The van der Waals surface area contributed by atoms with Gasteiger partial charge in [0.2, 0.25) is 5.96 Å². The third-order valence-electron chi connectivity index (χ3n) is 0.765. The Labute approximate surface area is 61.3 Å². The van der Waals surface area contributed by atoms with E-state index < -0.39 is 0 Å². The molecular formula is C7H12N3. The number of nitrogens with zero attached hydrogens (tertiary/aromatic N) is 2. The first-order chi connectivity index (χ1) is 4.81. The summed E-state index contributed by atoms with van der Waals surface area (Å²) in [7, 11) is 0. The van der Waals surface area contributed by atoms with E-state index >= 15 is 0 Å². The number of nitrogens with two attached hydrogens (primary N) is 1. The Morgan fingerprint density at radius 2 is 1.90 bits per heavy atom. The molecule has 0 heterocycles. The van der Waals surface area contributed by atoms with Crippen molar-refractivity contribution in [2.75, 3.05) is 13.1 Å².